The lowest BCUT2D eigenvalue weighted by Gasteiger charge is -2.26. The third-order valence-electron chi connectivity index (χ3n) is 4.38. The number of halogens is 2. The molecule has 0 aliphatic heterocycles. The molecule has 0 unspecified atom stereocenters. The van der Waals surface area contributed by atoms with Crippen LogP contribution >= 0.6 is 15.9 Å². The quantitative estimate of drug-likeness (QED) is 0.757. The number of hydrogen-bond donors (Lipinski definition) is 2. The van der Waals surface area contributed by atoms with Crippen molar-refractivity contribution in [1.29, 1.82) is 0 Å². The van der Waals surface area contributed by atoms with Crippen LogP contribution in [-0.2, 0) is 21.2 Å². The molecule has 0 saturated heterocycles. The number of primary amides is 1. The summed E-state index contributed by atoms with van der Waals surface area (Å²) >= 11 is 3.13. The maximum Gasteiger partial charge on any atom is 0.224 e. The number of carbonyl (C=O) groups excluding carboxylic acids is 1. The number of sulfonamides is 1. The van der Waals surface area contributed by atoms with Gasteiger partial charge in [-0.3, -0.25) is 4.79 Å². The summed E-state index contributed by atoms with van der Waals surface area (Å²) in [4.78, 5) is 12.0. The largest absolute Gasteiger partial charge is 0.369 e. The molecule has 0 spiro atoms. The van der Waals surface area contributed by atoms with E-state index in [4.69, 9.17) is 5.73 Å². The number of nitrogens with one attached hydrogen (secondary N) is 1. The van der Waals surface area contributed by atoms with Crippen LogP contribution < -0.4 is 10.5 Å². The second kappa shape index (κ2) is 6.86. The van der Waals surface area contributed by atoms with Gasteiger partial charge in [-0.25, -0.2) is 17.5 Å². The Hall–Kier alpha value is -0.990. The predicted octanol–water partition coefficient (Wildman–Crippen LogP) is 2.09. The molecule has 3 N–H and O–H groups in total. The smallest absolute Gasteiger partial charge is 0.224 e. The topological polar surface area (TPSA) is 89.3 Å². The Morgan fingerprint density at radius 3 is 2.78 bits per heavy atom. The molecule has 1 amide bonds. The number of carbonyl (C=O) groups is 1. The van der Waals surface area contributed by atoms with E-state index in [-0.39, 0.29) is 17.6 Å². The molecule has 0 aromatic heterocycles. The van der Waals surface area contributed by atoms with Gasteiger partial charge in [0.05, 0.1) is 15.6 Å². The van der Waals surface area contributed by atoms with Gasteiger partial charge in [0.1, 0.15) is 5.82 Å². The molecule has 1 aliphatic rings. The molecule has 1 aliphatic carbocycles. The lowest BCUT2D eigenvalue weighted by atomic mass is 9.79. The normalized spacial score (nSPS) is 24.7. The molecule has 1 aromatic rings. The number of benzene rings is 1. The second-order valence-electron chi connectivity index (χ2n) is 6.03. The number of amides is 1. The minimum Gasteiger partial charge on any atom is -0.369 e. The summed E-state index contributed by atoms with van der Waals surface area (Å²) in [6.45, 7) is 1.56. The minimum absolute atomic E-state index is 0.00200. The standard InChI is InChI=1S/C15H20BrFN2O3S/c1-2-23(21,22)19-11-5-6-15(9-11,14(18)20)8-10-3-4-13(17)12(16)7-10/h3-4,7,11,19H,2,5-6,8-9H2,1H3,(H2,18,20)/t11-,15+/m0/s1. The molecule has 8 heteroatoms. The third-order valence-corrected chi connectivity index (χ3v) is 6.44. The monoisotopic (exact) mass is 406 g/mol. The summed E-state index contributed by atoms with van der Waals surface area (Å²) in [7, 11) is -3.32. The Bertz CT molecular complexity index is 711. The van der Waals surface area contributed by atoms with Crippen LogP contribution in [0, 0.1) is 11.2 Å². The van der Waals surface area contributed by atoms with Gasteiger partial charge in [0, 0.05) is 6.04 Å². The fraction of sp³-hybridized carbons (Fsp3) is 0.533. The van der Waals surface area contributed by atoms with E-state index in [9.17, 15) is 17.6 Å². The summed E-state index contributed by atoms with van der Waals surface area (Å²) in [5.74, 6) is -0.823. The molecule has 1 aromatic carbocycles. The summed E-state index contributed by atoms with van der Waals surface area (Å²) in [5, 5.41) is 0. The third kappa shape index (κ3) is 4.30. The zero-order valence-corrected chi connectivity index (χ0v) is 15.2. The van der Waals surface area contributed by atoms with E-state index < -0.39 is 21.3 Å². The first-order chi connectivity index (χ1) is 10.7. The van der Waals surface area contributed by atoms with E-state index in [1.165, 1.54) is 6.07 Å². The van der Waals surface area contributed by atoms with Gasteiger partial charge in [-0.1, -0.05) is 6.07 Å². The zero-order chi connectivity index (χ0) is 17.3. The molecule has 2 atom stereocenters. The van der Waals surface area contributed by atoms with Crippen molar-refractivity contribution in [1.82, 2.24) is 4.72 Å². The highest BCUT2D eigenvalue weighted by molar-refractivity contribution is 9.10. The highest BCUT2D eigenvalue weighted by Crippen LogP contribution is 2.41. The van der Waals surface area contributed by atoms with Crippen molar-refractivity contribution in [2.75, 3.05) is 5.75 Å². The van der Waals surface area contributed by atoms with Gasteiger partial charge in [-0.05, 0) is 66.2 Å². The van der Waals surface area contributed by atoms with Gasteiger partial charge in [0.15, 0.2) is 0 Å². The van der Waals surface area contributed by atoms with Gasteiger partial charge in [-0.2, -0.15) is 0 Å². The van der Waals surface area contributed by atoms with Crippen LogP contribution in [0.5, 0.6) is 0 Å². The Kier molecular flexibility index (Phi) is 5.48. The molecule has 1 saturated carbocycles. The van der Waals surface area contributed by atoms with E-state index in [0.717, 1.165) is 5.56 Å². The van der Waals surface area contributed by atoms with Crippen molar-refractivity contribution in [3.8, 4) is 0 Å². The van der Waals surface area contributed by atoms with Gasteiger partial charge in [0.25, 0.3) is 0 Å². The van der Waals surface area contributed by atoms with Crippen molar-refractivity contribution in [2.24, 2.45) is 11.1 Å². The first-order valence-corrected chi connectivity index (χ1v) is 9.86. The molecular weight excluding hydrogens is 387 g/mol. The molecule has 0 heterocycles. The van der Waals surface area contributed by atoms with Gasteiger partial charge in [-0.15, -0.1) is 0 Å². The van der Waals surface area contributed by atoms with Crippen molar-refractivity contribution >= 4 is 31.9 Å². The summed E-state index contributed by atoms with van der Waals surface area (Å²) in [6.07, 6.45) is 1.79. The Labute approximate surface area is 144 Å². The molecule has 23 heavy (non-hydrogen) atoms. The fourth-order valence-electron chi connectivity index (χ4n) is 3.08. The van der Waals surface area contributed by atoms with Crippen molar-refractivity contribution < 1.29 is 17.6 Å². The molecule has 0 radical (unpaired) electrons. The molecule has 0 bridgehead atoms. The van der Waals surface area contributed by atoms with Crippen LogP contribution in [0.25, 0.3) is 0 Å². The van der Waals surface area contributed by atoms with E-state index in [0.29, 0.717) is 30.2 Å². The first kappa shape index (κ1) is 18.4. The van der Waals surface area contributed by atoms with E-state index in [1.807, 2.05) is 0 Å². The molecular formula is C15H20BrFN2O3S. The molecule has 1 fully saturated rings. The Morgan fingerprint density at radius 2 is 2.22 bits per heavy atom. The first-order valence-electron chi connectivity index (χ1n) is 7.41. The summed E-state index contributed by atoms with van der Waals surface area (Å²) in [6, 6.07) is 4.29. The van der Waals surface area contributed by atoms with E-state index in [1.54, 1.807) is 19.1 Å². The Morgan fingerprint density at radius 1 is 1.52 bits per heavy atom. The molecule has 2 rings (SSSR count). The fourth-order valence-corrected chi connectivity index (χ4v) is 4.38. The van der Waals surface area contributed by atoms with Gasteiger partial charge >= 0.3 is 0 Å². The van der Waals surface area contributed by atoms with Crippen LogP contribution in [-0.4, -0.2) is 26.1 Å². The Balaban J connectivity index is 2.18. The number of rotatable bonds is 6. The minimum atomic E-state index is -3.32. The van der Waals surface area contributed by atoms with Crippen molar-refractivity contribution in [3.05, 3.63) is 34.1 Å². The zero-order valence-electron chi connectivity index (χ0n) is 12.8. The average Bonchev–Trinajstić information content (AvgIpc) is 2.86. The van der Waals surface area contributed by atoms with Gasteiger partial charge in [0.2, 0.25) is 15.9 Å². The average molecular weight is 407 g/mol. The van der Waals surface area contributed by atoms with Crippen LogP contribution in [0.15, 0.2) is 22.7 Å². The van der Waals surface area contributed by atoms with Crippen LogP contribution in [0.3, 0.4) is 0 Å². The van der Waals surface area contributed by atoms with Crippen molar-refractivity contribution in [3.63, 3.8) is 0 Å². The van der Waals surface area contributed by atoms with Crippen LogP contribution in [0.4, 0.5) is 4.39 Å². The summed E-state index contributed by atoms with van der Waals surface area (Å²) in [5.41, 5.74) is 5.59. The lowest BCUT2D eigenvalue weighted by molar-refractivity contribution is -0.127. The highest BCUT2D eigenvalue weighted by atomic mass is 79.9. The van der Waals surface area contributed by atoms with Crippen LogP contribution in [0.1, 0.15) is 31.7 Å². The number of hydrogen-bond acceptors (Lipinski definition) is 3. The predicted molar refractivity (Wildman–Crippen MR) is 89.7 cm³/mol. The van der Waals surface area contributed by atoms with Crippen LogP contribution in [0.2, 0.25) is 0 Å². The molecule has 5 nitrogen and oxygen atoms in total. The summed E-state index contributed by atoms with van der Waals surface area (Å²) < 4.78 is 39.7. The van der Waals surface area contributed by atoms with E-state index >= 15 is 0 Å². The number of nitrogens with two attached hydrogens (primary N) is 1. The molecule has 128 valence electrons. The second-order valence-corrected chi connectivity index (χ2v) is 8.93. The maximum atomic E-state index is 13.3. The highest BCUT2D eigenvalue weighted by Gasteiger charge is 2.44. The maximum absolute atomic E-state index is 13.3. The van der Waals surface area contributed by atoms with Gasteiger partial charge < -0.3 is 5.73 Å². The SMILES string of the molecule is CCS(=O)(=O)N[C@H]1CC[C@](Cc2ccc(F)c(Br)c2)(C(N)=O)C1. The lowest BCUT2D eigenvalue weighted by Crippen LogP contribution is -2.40. The van der Waals surface area contributed by atoms with Crippen molar-refractivity contribution in [2.45, 2.75) is 38.6 Å². The van der Waals surface area contributed by atoms with E-state index in [2.05, 4.69) is 20.7 Å².